The summed E-state index contributed by atoms with van der Waals surface area (Å²) in [5.41, 5.74) is 3.42. The van der Waals surface area contributed by atoms with Gasteiger partial charge < -0.3 is 4.90 Å². The summed E-state index contributed by atoms with van der Waals surface area (Å²) in [6.45, 7) is 5.71. The van der Waals surface area contributed by atoms with E-state index in [1.165, 1.54) is 25.1 Å². The first kappa shape index (κ1) is 20.4. The predicted molar refractivity (Wildman–Crippen MR) is 117 cm³/mol. The lowest BCUT2D eigenvalue weighted by molar-refractivity contribution is -0.130. The second-order valence-corrected chi connectivity index (χ2v) is 8.80. The van der Waals surface area contributed by atoms with E-state index in [0.717, 1.165) is 55.2 Å². The molecule has 1 atom stereocenters. The average Bonchev–Trinajstić information content (AvgIpc) is 2.76. The fourth-order valence-electron chi connectivity index (χ4n) is 4.79. The Bertz CT molecular complexity index is 848. The second kappa shape index (κ2) is 9.27. The van der Waals surface area contributed by atoms with Gasteiger partial charge >= 0.3 is 0 Å². The third-order valence-corrected chi connectivity index (χ3v) is 6.82. The molecule has 1 aromatic heterocycles. The Labute approximate surface area is 178 Å². The molecule has 0 aliphatic carbocycles. The van der Waals surface area contributed by atoms with Crippen LogP contribution in [0.25, 0.3) is 0 Å². The van der Waals surface area contributed by atoms with Gasteiger partial charge in [0.2, 0.25) is 5.91 Å². The van der Waals surface area contributed by atoms with E-state index in [-0.39, 0.29) is 5.91 Å². The van der Waals surface area contributed by atoms with Gasteiger partial charge in [-0.25, -0.2) is 0 Å². The van der Waals surface area contributed by atoms with Crippen molar-refractivity contribution in [2.75, 3.05) is 26.2 Å². The fraction of sp³-hybridized carbons (Fsp3) is 0.500. The summed E-state index contributed by atoms with van der Waals surface area (Å²) in [4.78, 5) is 21.2. The Balaban J connectivity index is 1.41. The van der Waals surface area contributed by atoms with Crippen molar-refractivity contribution >= 4 is 17.5 Å². The molecule has 29 heavy (non-hydrogen) atoms. The molecule has 1 aromatic carbocycles. The highest BCUT2D eigenvalue weighted by atomic mass is 35.5. The van der Waals surface area contributed by atoms with Crippen molar-refractivity contribution in [2.24, 2.45) is 0 Å². The summed E-state index contributed by atoms with van der Waals surface area (Å²) in [6.07, 6.45) is 5.37. The first-order valence-corrected chi connectivity index (χ1v) is 11.2. The molecular weight excluding hydrogens is 382 g/mol. The van der Waals surface area contributed by atoms with Crippen molar-refractivity contribution in [1.29, 1.82) is 0 Å². The number of piperidine rings is 2. The third kappa shape index (κ3) is 4.99. The van der Waals surface area contributed by atoms with Gasteiger partial charge in [0.25, 0.3) is 0 Å². The summed E-state index contributed by atoms with van der Waals surface area (Å²) in [5, 5.41) is 0.806. The number of pyridine rings is 1. The minimum atomic E-state index is 0.208. The number of rotatable bonds is 4. The first-order chi connectivity index (χ1) is 14.1. The van der Waals surface area contributed by atoms with E-state index in [0.29, 0.717) is 12.0 Å². The van der Waals surface area contributed by atoms with Crippen LogP contribution in [0.2, 0.25) is 5.02 Å². The van der Waals surface area contributed by atoms with Crippen LogP contribution < -0.4 is 0 Å². The van der Waals surface area contributed by atoms with E-state index in [4.69, 9.17) is 16.6 Å². The van der Waals surface area contributed by atoms with E-state index < -0.39 is 0 Å². The molecule has 4 rings (SSSR count). The highest BCUT2D eigenvalue weighted by Crippen LogP contribution is 2.30. The maximum Gasteiger partial charge on any atom is 0.219 e. The molecule has 2 aromatic rings. The van der Waals surface area contributed by atoms with Gasteiger partial charge in [-0.3, -0.25) is 14.7 Å². The maximum absolute atomic E-state index is 11.6. The number of hydrogen-bond acceptors (Lipinski definition) is 3. The van der Waals surface area contributed by atoms with Gasteiger partial charge in [0.15, 0.2) is 0 Å². The first-order valence-electron chi connectivity index (χ1n) is 10.8. The Morgan fingerprint density at radius 2 is 1.86 bits per heavy atom. The number of hydrogen-bond donors (Lipinski definition) is 0. The molecule has 2 fully saturated rings. The van der Waals surface area contributed by atoms with Crippen LogP contribution in [0.3, 0.4) is 0 Å². The van der Waals surface area contributed by atoms with Crippen LogP contribution in [0.1, 0.15) is 55.5 Å². The number of benzene rings is 1. The van der Waals surface area contributed by atoms with Gasteiger partial charge in [-0.15, -0.1) is 0 Å². The molecule has 3 heterocycles. The van der Waals surface area contributed by atoms with Gasteiger partial charge in [0, 0.05) is 61.3 Å². The SMILES string of the molecule is CC(=O)N1CCC(N2CCCC(c3cccc(Cc4ccccc4Cl)n3)C2)CC1. The van der Waals surface area contributed by atoms with Crippen LogP contribution >= 0.6 is 11.6 Å². The lowest BCUT2D eigenvalue weighted by Crippen LogP contribution is -2.49. The lowest BCUT2D eigenvalue weighted by Gasteiger charge is -2.42. The summed E-state index contributed by atoms with van der Waals surface area (Å²) < 4.78 is 0. The summed E-state index contributed by atoms with van der Waals surface area (Å²) in [5.74, 6) is 0.695. The minimum absolute atomic E-state index is 0.208. The molecule has 1 unspecified atom stereocenters. The molecule has 4 nitrogen and oxygen atoms in total. The molecule has 0 saturated carbocycles. The van der Waals surface area contributed by atoms with Crippen LogP contribution in [0, 0.1) is 0 Å². The zero-order chi connectivity index (χ0) is 20.2. The smallest absolute Gasteiger partial charge is 0.219 e. The topological polar surface area (TPSA) is 36.4 Å². The molecule has 2 saturated heterocycles. The Morgan fingerprint density at radius 1 is 1.07 bits per heavy atom. The Hall–Kier alpha value is -1.91. The molecule has 1 amide bonds. The van der Waals surface area contributed by atoms with Crippen molar-refractivity contribution in [3.8, 4) is 0 Å². The molecule has 0 spiro atoms. The summed E-state index contributed by atoms with van der Waals surface area (Å²) in [7, 11) is 0. The predicted octanol–water partition coefficient (Wildman–Crippen LogP) is 4.52. The molecule has 5 heteroatoms. The molecule has 2 aliphatic heterocycles. The van der Waals surface area contributed by atoms with Gasteiger partial charge in [-0.2, -0.15) is 0 Å². The summed E-state index contributed by atoms with van der Waals surface area (Å²) in [6, 6.07) is 15.0. The van der Waals surface area contributed by atoms with Crippen LogP contribution in [0.15, 0.2) is 42.5 Å². The largest absolute Gasteiger partial charge is 0.343 e. The number of halogens is 1. The fourth-order valence-corrected chi connectivity index (χ4v) is 4.99. The van der Waals surface area contributed by atoms with E-state index >= 15 is 0 Å². The molecule has 0 radical (unpaired) electrons. The molecular formula is C24H30ClN3O. The lowest BCUT2D eigenvalue weighted by atomic mass is 9.91. The van der Waals surface area contributed by atoms with Crippen LogP contribution in [-0.2, 0) is 11.2 Å². The molecule has 154 valence electrons. The zero-order valence-electron chi connectivity index (χ0n) is 17.2. The van der Waals surface area contributed by atoms with Gasteiger partial charge in [-0.1, -0.05) is 35.9 Å². The monoisotopic (exact) mass is 411 g/mol. The van der Waals surface area contributed by atoms with Crippen LogP contribution in [0.4, 0.5) is 0 Å². The number of amides is 1. The standard InChI is InChI=1S/C24H30ClN3O/c1-18(29)27-14-11-22(12-15-27)28-13-5-7-20(17-28)24-10-4-8-21(26-24)16-19-6-2-3-9-23(19)25/h2-4,6,8-10,20,22H,5,7,11-17H2,1H3. The van der Waals surface area contributed by atoms with Crippen molar-refractivity contribution < 1.29 is 4.79 Å². The van der Waals surface area contributed by atoms with Crippen molar-refractivity contribution in [3.05, 3.63) is 64.4 Å². The normalized spacial score (nSPS) is 21.3. The van der Waals surface area contributed by atoms with Crippen LogP contribution in [-0.4, -0.2) is 52.9 Å². The number of likely N-dealkylation sites (tertiary alicyclic amines) is 2. The number of nitrogens with zero attached hydrogens (tertiary/aromatic N) is 3. The van der Waals surface area contributed by atoms with Crippen LogP contribution in [0.5, 0.6) is 0 Å². The quantitative estimate of drug-likeness (QED) is 0.742. The van der Waals surface area contributed by atoms with Crippen molar-refractivity contribution in [1.82, 2.24) is 14.8 Å². The van der Waals surface area contributed by atoms with Crippen molar-refractivity contribution in [2.45, 2.75) is 51.0 Å². The average molecular weight is 412 g/mol. The van der Waals surface area contributed by atoms with E-state index in [2.05, 4.69) is 29.2 Å². The highest BCUT2D eigenvalue weighted by molar-refractivity contribution is 6.31. The molecule has 0 N–H and O–H groups in total. The third-order valence-electron chi connectivity index (χ3n) is 6.46. The number of aromatic nitrogens is 1. The highest BCUT2D eigenvalue weighted by Gasteiger charge is 2.30. The van der Waals surface area contributed by atoms with E-state index in [9.17, 15) is 4.79 Å². The van der Waals surface area contributed by atoms with Gasteiger partial charge in [0.1, 0.15) is 0 Å². The zero-order valence-corrected chi connectivity index (χ0v) is 17.9. The second-order valence-electron chi connectivity index (χ2n) is 8.39. The minimum Gasteiger partial charge on any atom is -0.343 e. The molecule has 2 aliphatic rings. The van der Waals surface area contributed by atoms with E-state index in [1.807, 2.05) is 23.1 Å². The maximum atomic E-state index is 11.6. The summed E-state index contributed by atoms with van der Waals surface area (Å²) >= 11 is 6.34. The van der Waals surface area contributed by atoms with Gasteiger partial charge in [0.05, 0.1) is 0 Å². The Kier molecular flexibility index (Phi) is 6.51. The Morgan fingerprint density at radius 3 is 2.62 bits per heavy atom. The number of carbonyl (C=O) groups is 1. The van der Waals surface area contributed by atoms with E-state index in [1.54, 1.807) is 6.92 Å². The number of carbonyl (C=O) groups excluding carboxylic acids is 1. The van der Waals surface area contributed by atoms with Crippen molar-refractivity contribution in [3.63, 3.8) is 0 Å². The molecule has 0 bridgehead atoms. The van der Waals surface area contributed by atoms with Gasteiger partial charge in [-0.05, 0) is 56.0 Å².